The zero-order chi connectivity index (χ0) is 29.4. The zero-order valence-corrected chi connectivity index (χ0v) is 25.5. The summed E-state index contributed by atoms with van der Waals surface area (Å²) >= 11 is 0. The molecule has 1 spiro atoms. The molecule has 2 saturated heterocycles. The van der Waals surface area contributed by atoms with E-state index >= 15 is 0 Å². The summed E-state index contributed by atoms with van der Waals surface area (Å²) in [6.07, 6.45) is 5.96. The standard InChI is InChI=1S/C34H46O8/c1-30-19-25(22-5-7-23(8-6-22)31(2)39-15-16-40-31)29-24(26(30)11-14-34(30,38-4)28(35)20-37-3)9-12-32(36)21-33(13-10-27(29)32)41-17-18-42-33/h5-8,24-26,36H,9-21H2,1-4H3/t24-,25+,26-,30-,32+,34-/m0/s1. The van der Waals surface area contributed by atoms with Crippen molar-refractivity contribution in [3.63, 3.8) is 0 Å². The van der Waals surface area contributed by atoms with E-state index in [-0.39, 0.29) is 35.6 Å². The first-order valence-corrected chi connectivity index (χ1v) is 15.8. The smallest absolute Gasteiger partial charge is 0.192 e. The molecule has 2 aliphatic heterocycles. The fourth-order valence-corrected chi connectivity index (χ4v) is 10.2. The van der Waals surface area contributed by atoms with Gasteiger partial charge in [0.05, 0.1) is 32.0 Å². The average Bonchev–Trinajstić information content (AvgIpc) is 3.70. The number of ether oxygens (including phenoxy) is 6. The lowest BCUT2D eigenvalue weighted by Gasteiger charge is -2.58. The molecule has 0 aromatic heterocycles. The second-order valence-electron chi connectivity index (χ2n) is 13.9. The Morgan fingerprint density at radius 1 is 0.952 bits per heavy atom. The van der Waals surface area contributed by atoms with Crippen molar-refractivity contribution >= 4 is 5.78 Å². The maximum atomic E-state index is 13.8. The molecule has 2 heterocycles. The summed E-state index contributed by atoms with van der Waals surface area (Å²) in [5.41, 5.74) is 2.56. The SMILES string of the molecule is COCC(=O)[C@@]1(OC)CC[C@H]2[C@@H]3CC[C@@]4(O)CC5(CCC4=C3[C@@H](c3ccc(C4(C)OCCO4)cc3)C[C@@]21C)OCCO5. The van der Waals surface area contributed by atoms with Crippen LogP contribution in [0, 0.1) is 17.3 Å². The summed E-state index contributed by atoms with van der Waals surface area (Å²) in [5.74, 6) is -0.765. The second-order valence-corrected chi connectivity index (χ2v) is 13.9. The number of methoxy groups -OCH3 is 2. The Hall–Kier alpha value is -1.65. The van der Waals surface area contributed by atoms with Crippen LogP contribution >= 0.6 is 0 Å². The number of Topliss-reactive ketones (excluding diaryl/α,β-unsaturated/α-hetero) is 1. The van der Waals surface area contributed by atoms with Gasteiger partial charge in [-0.2, -0.15) is 0 Å². The van der Waals surface area contributed by atoms with E-state index in [1.165, 1.54) is 16.7 Å². The van der Waals surface area contributed by atoms with Crippen molar-refractivity contribution in [3.05, 3.63) is 46.5 Å². The highest BCUT2D eigenvalue weighted by atomic mass is 16.7. The van der Waals surface area contributed by atoms with Crippen molar-refractivity contribution in [3.8, 4) is 0 Å². The van der Waals surface area contributed by atoms with E-state index in [4.69, 9.17) is 28.4 Å². The highest BCUT2D eigenvalue weighted by Crippen LogP contribution is 2.68. The Labute approximate surface area is 249 Å². The fraction of sp³-hybridized carbons (Fsp3) is 0.735. The number of fused-ring (bicyclic) bond motifs is 4. The van der Waals surface area contributed by atoms with Crippen molar-refractivity contribution < 1.29 is 38.3 Å². The molecule has 7 rings (SSSR count). The van der Waals surface area contributed by atoms with Crippen molar-refractivity contribution in [1.29, 1.82) is 0 Å². The van der Waals surface area contributed by atoms with Gasteiger partial charge in [-0.3, -0.25) is 4.79 Å². The van der Waals surface area contributed by atoms with Crippen LogP contribution in [0.1, 0.15) is 82.3 Å². The maximum absolute atomic E-state index is 13.8. The maximum Gasteiger partial charge on any atom is 0.192 e. The predicted molar refractivity (Wildman–Crippen MR) is 154 cm³/mol. The van der Waals surface area contributed by atoms with E-state index in [1.807, 2.05) is 6.92 Å². The summed E-state index contributed by atoms with van der Waals surface area (Å²) in [7, 11) is 3.28. The van der Waals surface area contributed by atoms with Crippen LogP contribution in [-0.4, -0.2) is 75.1 Å². The molecule has 0 radical (unpaired) electrons. The summed E-state index contributed by atoms with van der Waals surface area (Å²) in [6, 6.07) is 8.64. The van der Waals surface area contributed by atoms with Crippen LogP contribution in [0.2, 0.25) is 0 Å². The lowest BCUT2D eigenvalue weighted by atomic mass is 9.49. The number of hydrogen-bond acceptors (Lipinski definition) is 8. The molecule has 3 saturated carbocycles. The molecular weight excluding hydrogens is 536 g/mol. The Morgan fingerprint density at radius 2 is 1.64 bits per heavy atom. The summed E-state index contributed by atoms with van der Waals surface area (Å²) in [5, 5.41) is 12.3. The summed E-state index contributed by atoms with van der Waals surface area (Å²) in [4.78, 5) is 13.8. The highest BCUT2D eigenvalue weighted by Gasteiger charge is 2.67. The van der Waals surface area contributed by atoms with Gasteiger partial charge in [-0.25, -0.2) is 0 Å². The number of allylic oxidation sites excluding steroid dienone is 1. The van der Waals surface area contributed by atoms with Gasteiger partial charge in [0, 0.05) is 44.0 Å². The van der Waals surface area contributed by atoms with Crippen molar-refractivity contribution in [2.24, 2.45) is 17.3 Å². The highest BCUT2D eigenvalue weighted by molar-refractivity contribution is 5.90. The van der Waals surface area contributed by atoms with Gasteiger partial charge >= 0.3 is 0 Å². The number of carbonyl (C=O) groups is 1. The molecular formula is C34H46O8. The van der Waals surface area contributed by atoms with Crippen LogP contribution in [-0.2, 0) is 39.0 Å². The normalized spacial score (nSPS) is 40.2. The summed E-state index contributed by atoms with van der Waals surface area (Å²) in [6.45, 7) is 6.64. The number of ketones is 1. The molecule has 5 fully saturated rings. The first-order valence-electron chi connectivity index (χ1n) is 15.8. The molecule has 1 aromatic rings. The zero-order valence-electron chi connectivity index (χ0n) is 25.5. The van der Waals surface area contributed by atoms with Gasteiger partial charge in [0.1, 0.15) is 12.2 Å². The topological polar surface area (TPSA) is 92.7 Å². The quantitative estimate of drug-likeness (QED) is 0.480. The number of aliphatic hydroxyl groups is 1. The third kappa shape index (κ3) is 4.09. The molecule has 8 heteroatoms. The molecule has 6 aliphatic rings. The molecule has 230 valence electrons. The number of benzene rings is 1. The molecule has 0 unspecified atom stereocenters. The number of rotatable bonds is 6. The number of hydrogen-bond donors (Lipinski definition) is 1. The van der Waals surface area contributed by atoms with Crippen LogP contribution in [0.3, 0.4) is 0 Å². The third-order valence-electron chi connectivity index (χ3n) is 12.1. The first-order chi connectivity index (χ1) is 20.1. The van der Waals surface area contributed by atoms with E-state index in [1.54, 1.807) is 14.2 Å². The largest absolute Gasteiger partial charge is 0.385 e. The van der Waals surface area contributed by atoms with E-state index < -0.39 is 22.8 Å². The second kappa shape index (κ2) is 10.2. The van der Waals surface area contributed by atoms with E-state index in [2.05, 4.69) is 31.2 Å². The Kier molecular flexibility index (Phi) is 7.06. The van der Waals surface area contributed by atoms with Gasteiger partial charge in [0.15, 0.2) is 17.4 Å². The van der Waals surface area contributed by atoms with E-state index in [0.29, 0.717) is 45.7 Å². The van der Waals surface area contributed by atoms with Crippen LogP contribution < -0.4 is 0 Å². The van der Waals surface area contributed by atoms with Gasteiger partial charge in [-0.05, 0) is 68.4 Å². The molecule has 1 N–H and O–H groups in total. The van der Waals surface area contributed by atoms with Crippen molar-refractivity contribution in [2.45, 2.75) is 93.9 Å². The minimum Gasteiger partial charge on any atom is -0.385 e. The Bertz CT molecular complexity index is 1240. The average molecular weight is 583 g/mol. The lowest BCUT2D eigenvalue weighted by Crippen LogP contribution is -2.59. The molecule has 6 atom stereocenters. The molecule has 1 aromatic carbocycles. The Balaban J connectivity index is 1.34. The lowest BCUT2D eigenvalue weighted by molar-refractivity contribution is -0.208. The third-order valence-corrected chi connectivity index (χ3v) is 12.1. The molecule has 0 amide bonds. The molecule has 4 aliphatic carbocycles. The monoisotopic (exact) mass is 582 g/mol. The molecule has 8 nitrogen and oxygen atoms in total. The van der Waals surface area contributed by atoms with E-state index in [9.17, 15) is 9.90 Å². The van der Waals surface area contributed by atoms with Gasteiger partial charge in [-0.15, -0.1) is 0 Å². The van der Waals surface area contributed by atoms with Gasteiger partial charge in [0.25, 0.3) is 0 Å². The van der Waals surface area contributed by atoms with Gasteiger partial charge in [-0.1, -0.05) is 36.8 Å². The predicted octanol–water partition coefficient (Wildman–Crippen LogP) is 4.78. The fourth-order valence-electron chi connectivity index (χ4n) is 10.2. The Morgan fingerprint density at radius 3 is 2.31 bits per heavy atom. The van der Waals surface area contributed by atoms with Crippen molar-refractivity contribution in [2.75, 3.05) is 47.3 Å². The minimum atomic E-state index is -0.942. The van der Waals surface area contributed by atoms with E-state index in [0.717, 1.165) is 37.7 Å². The van der Waals surface area contributed by atoms with Crippen LogP contribution in [0.4, 0.5) is 0 Å². The van der Waals surface area contributed by atoms with Gasteiger partial charge < -0.3 is 33.5 Å². The summed E-state index contributed by atoms with van der Waals surface area (Å²) < 4.78 is 35.7. The minimum absolute atomic E-state index is 0.0358. The first kappa shape index (κ1) is 29.1. The number of carbonyl (C=O) groups excluding carboxylic acids is 1. The van der Waals surface area contributed by atoms with Crippen LogP contribution in [0.5, 0.6) is 0 Å². The van der Waals surface area contributed by atoms with Crippen LogP contribution in [0.25, 0.3) is 0 Å². The molecule has 42 heavy (non-hydrogen) atoms. The van der Waals surface area contributed by atoms with Gasteiger partial charge in [0.2, 0.25) is 0 Å². The van der Waals surface area contributed by atoms with Crippen LogP contribution in [0.15, 0.2) is 35.4 Å². The molecule has 0 bridgehead atoms. The van der Waals surface area contributed by atoms with Crippen molar-refractivity contribution in [1.82, 2.24) is 0 Å².